The Labute approximate surface area is 159 Å². The van der Waals surface area contributed by atoms with Gasteiger partial charge < -0.3 is 21.1 Å². The number of benzene rings is 1. The lowest BCUT2D eigenvalue weighted by molar-refractivity contribution is 0.331. The Morgan fingerprint density at radius 2 is 1.88 bits per heavy atom. The van der Waals surface area contributed by atoms with Crippen LogP contribution < -0.4 is 21.1 Å². The Morgan fingerprint density at radius 1 is 1.12 bits per heavy atom. The van der Waals surface area contributed by atoms with Crippen molar-refractivity contribution in [1.82, 2.24) is 9.97 Å². The first-order valence-corrected chi connectivity index (χ1v) is 8.05. The second-order valence-corrected chi connectivity index (χ2v) is 6.32. The molecule has 2 aromatic rings. The van der Waals surface area contributed by atoms with Crippen molar-refractivity contribution >= 4 is 36.6 Å². The van der Waals surface area contributed by atoms with Gasteiger partial charge in [0.25, 0.3) is 0 Å². The number of hydrogen-bond donors (Lipinski definition) is 2. The van der Waals surface area contributed by atoms with E-state index < -0.39 is 0 Å². The van der Waals surface area contributed by atoms with Crippen LogP contribution in [0.1, 0.15) is 30.0 Å². The lowest BCUT2D eigenvalue weighted by Crippen LogP contribution is -2.35. The number of aromatic nitrogens is 2. The molecule has 0 bridgehead atoms. The zero-order valence-corrected chi connectivity index (χ0v) is 15.4. The minimum absolute atomic E-state index is 0. The normalized spacial score (nSPS) is 21.6. The van der Waals surface area contributed by atoms with Gasteiger partial charge in [0, 0.05) is 30.1 Å². The predicted octanol–water partition coefficient (Wildman–Crippen LogP) is 2.51. The smallest absolute Gasteiger partial charge is 0.222 e. The number of nitrogens with two attached hydrogens (primary N) is 2. The molecule has 6 nitrogen and oxygen atoms in total. The summed E-state index contributed by atoms with van der Waals surface area (Å²) in [5, 5.41) is 0. The van der Waals surface area contributed by atoms with Gasteiger partial charge in [-0.05, 0) is 18.9 Å². The van der Waals surface area contributed by atoms with Gasteiger partial charge in [0.05, 0.1) is 12.2 Å². The second-order valence-electron chi connectivity index (χ2n) is 6.32. The van der Waals surface area contributed by atoms with Crippen molar-refractivity contribution in [2.24, 2.45) is 5.73 Å². The van der Waals surface area contributed by atoms with Crippen molar-refractivity contribution in [3.8, 4) is 5.75 Å². The summed E-state index contributed by atoms with van der Waals surface area (Å²) in [4.78, 5) is 11.0. The van der Waals surface area contributed by atoms with Crippen molar-refractivity contribution in [3.63, 3.8) is 0 Å². The molecule has 136 valence electrons. The molecule has 0 spiro atoms. The molecule has 1 aromatic heterocycles. The van der Waals surface area contributed by atoms with Crippen LogP contribution in [-0.4, -0.2) is 29.2 Å². The molecule has 4 rings (SSSR count). The summed E-state index contributed by atoms with van der Waals surface area (Å²) >= 11 is 0. The van der Waals surface area contributed by atoms with Crippen molar-refractivity contribution in [3.05, 3.63) is 41.6 Å². The Morgan fingerprint density at radius 3 is 2.64 bits per heavy atom. The van der Waals surface area contributed by atoms with Crippen LogP contribution in [0, 0.1) is 0 Å². The molecule has 0 saturated heterocycles. The largest absolute Gasteiger partial charge is 0.491 e. The molecule has 25 heavy (non-hydrogen) atoms. The fourth-order valence-corrected chi connectivity index (χ4v) is 3.27. The molecular formula is C17H23Cl2N5O. The van der Waals surface area contributed by atoms with Crippen LogP contribution in [0.2, 0.25) is 0 Å². The topological polar surface area (TPSA) is 90.3 Å². The molecule has 1 aromatic carbocycles. The van der Waals surface area contributed by atoms with Gasteiger partial charge in [-0.2, -0.15) is 4.98 Å². The van der Waals surface area contributed by atoms with E-state index in [1.165, 1.54) is 0 Å². The molecule has 1 saturated carbocycles. The van der Waals surface area contributed by atoms with E-state index in [9.17, 15) is 0 Å². The van der Waals surface area contributed by atoms with E-state index in [0.717, 1.165) is 48.8 Å². The summed E-state index contributed by atoms with van der Waals surface area (Å²) < 4.78 is 5.82. The average molecular weight is 384 g/mol. The van der Waals surface area contributed by atoms with E-state index in [0.29, 0.717) is 18.5 Å². The van der Waals surface area contributed by atoms with Gasteiger partial charge in [-0.15, -0.1) is 24.8 Å². The third kappa shape index (κ3) is 4.08. The standard InChI is InChI=1S/C17H21N5O.2ClH/c18-13-7-12(8-13)14-9-16(21-17(19)20-14)22-5-6-23-15-4-2-1-3-11(15)10-22;;/h1-4,9,12-13H,5-8,10,18H2,(H2,19,20,21);2*1H. The Bertz CT molecular complexity index is 724. The van der Waals surface area contributed by atoms with Crippen LogP contribution in [0.4, 0.5) is 11.8 Å². The van der Waals surface area contributed by atoms with E-state index >= 15 is 0 Å². The van der Waals surface area contributed by atoms with Gasteiger partial charge in [-0.3, -0.25) is 0 Å². The molecule has 1 fully saturated rings. The molecule has 1 aliphatic carbocycles. The maximum atomic E-state index is 5.94. The van der Waals surface area contributed by atoms with Crippen molar-refractivity contribution in [2.75, 3.05) is 23.8 Å². The van der Waals surface area contributed by atoms with Gasteiger partial charge in [-0.1, -0.05) is 18.2 Å². The summed E-state index contributed by atoms with van der Waals surface area (Å²) in [6.45, 7) is 2.16. The zero-order valence-electron chi connectivity index (χ0n) is 13.8. The minimum atomic E-state index is 0. The zero-order chi connectivity index (χ0) is 15.8. The summed E-state index contributed by atoms with van der Waals surface area (Å²) in [6, 6.07) is 10.5. The highest BCUT2D eigenvalue weighted by molar-refractivity contribution is 5.85. The summed E-state index contributed by atoms with van der Waals surface area (Å²) in [5.74, 6) is 2.55. The minimum Gasteiger partial charge on any atom is -0.491 e. The maximum absolute atomic E-state index is 5.94. The number of hydrogen-bond acceptors (Lipinski definition) is 6. The number of ether oxygens (including phenoxy) is 1. The van der Waals surface area contributed by atoms with Crippen LogP contribution in [0.3, 0.4) is 0 Å². The van der Waals surface area contributed by atoms with Crippen molar-refractivity contribution in [2.45, 2.75) is 31.3 Å². The van der Waals surface area contributed by atoms with Crippen molar-refractivity contribution in [1.29, 1.82) is 0 Å². The number of halogens is 2. The molecule has 2 aliphatic rings. The van der Waals surface area contributed by atoms with E-state index in [2.05, 4.69) is 27.0 Å². The van der Waals surface area contributed by atoms with E-state index in [-0.39, 0.29) is 30.9 Å². The van der Waals surface area contributed by atoms with Gasteiger partial charge in [0.15, 0.2) is 0 Å². The quantitative estimate of drug-likeness (QED) is 0.827. The predicted molar refractivity (Wildman–Crippen MR) is 104 cm³/mol. The molecule has 0 unspecified atom stereocenters. The molecule has 1 aliphatic heterocycles. The lowest BCUT2D eigenvalue weighted by Gasteiger charge is -2.32. The van der Waals surface area contributed by atoms with Gasteiger partial charge in [-0.25, -0.2) is 4.98 Å². The average Bonchev–Trinajstić information content (AvgIpc) is 2.73. The molecular weight excluding hydrogens is 361 g/mol. The summed E-state index contributed by atoms with van der Waals surface area (Å²) in [5.41, 5.74) is 14.0. The van der Waals surface area contributed by atoms with E-state index in [1.807, 2.05) is 18.2 Å². The number of nitrogens with zero attached hydrogens (tertiary/aromatic N) is 3. The number of fused-ring (bicyclic) bond motifs is 1. The molecule has 0 amide bonds. The maximum Gasteiger partial charge on any atom is 0.222 e. The fourth-order valence-electron chi connectivity index (χ4n) is 3.27. The highest BCUT2D eigenvalue weighted by Gasteiger charge is 2.29. The lowest BCUT2D eigenvalue weighted by atomic mass is 9.78. The molecule has 4 N–H and O–H groups in total. The van der Waals surface area contributed by atoms with Crippen LogP contribution in [0.5, 0.6) is 5.75 Å². The van der Waals surface area contributed by atoms with Crippen LogP contribution in [0.25, 0.3) is 0 Å². The number of anilines is 2. The first-order valence-electron chi connectivity index (χ1n) is 8.05. The summed E-state index contributed by atoms with van der Waals surface area (Å²) in [7, 11) is 0. The highest BCUT2D eigenvalue weighted by Crippen LogP contribution is 2.36. The van der Waals surface area contributed by atoms with Gasteiger partial charge >= 0.3 is 0 Å². The third-order valence-corrected chi connectivity index (χ3v) is 4.62. The monoisotopic (exact) mass is 383 g/mol. The molecule has 0 radical (unpaired) electrons. The third-order valence-electron chi connectivity index (χ3n) is 4.62. The van der Waals surface area contributed by atoms with Gasteiger partial charge in [0.2, 0.25) is 5.95 Å². The van der Waals surface area contributed by atoms with E-state index in [1.54, 1.807) is 0 Å². The van der Waals surface area contributed by atoms with Gasteiger partial charge in [0.1, 0.15) is 18.2 Å². The fraction of sp³-hybridized carbons (Fsp3) is 0.412. The second kappa shape index (κ2) is 8.08. The van der Waals surface area contributed by atoms with E-state index in [4.69, 9.17) is 16.2 Å². The Balaban J connectivity index is 0.00000113. The molecule has 2 heterocycles. The molecule has 8 heteroatoms. The SMILES string of the molecule is Cl.Cl.Nc1nc(C2CC(N)C2)cc(N2CCOc3ccccc3C2)n1. The van der Waals surface area contributed by atoms with Crippen LogP contribution in [-0.2, 0) is 6.54 Å². The highest BCUT2D eigenvalue weighted by atomic mass is 35.5. The Hall–Kier alpha value is -1.76. The number of rotatable bonds is 2. The Kier molecular flexibility index (Phi) is 6.32. The van der Waals surface area contributed by atoms with Crippen LogP contribution >= 0.6 is 24.8 Å². The summed E-state index contributed by atoms with van der Waals surface area (Å²) in [6.07, 6.45) is 1.95. The first-order chi connectivity index (χ1) is 11.2. The van der Waals surface area contributed by atoms with Crippen LogP contribution in [0.15, 0.2) is 30.3 Å². The first kappa shape index (κ1) is 19.6. The van der Waals surface area contributed by atoms with Crippen molar-refractivity contribution < 1.29 is 4.74 Å². The molecule has 0 atom stereocenters. The number of para-hydroxylation sites is 1. The number of nitrogen functional groups attached to an aromatic ring is 1.